The van der Waals surface area contributed by atoms with Crippen molar-refractivity contribution in [2.45, 2.75) is 78.4 Å². The molecule has 7 rings (SSSR count). The predicted octanol–water partition coefficient (Wildman–Crippen LogP) is 9.43. The number of carboxylic acids is 1. The molecule has 72 heavy (non-hydrogen) atoms. The zero-order chi connectivity index (χ0) is 52.2. The topological polar surface area (TPSA) is 220 Å². The molecule has 390 valence electrons. The summed E-state index contributed by atoms with van der Waals surface area (Å²) in [5, 5.41) is 17.5. The minimum Gasteiger partial charge on any atom is -0.478 e. The molecular weight excluding hydrogens is 1040 g/mol. The van der Waals surface area contributed by atoms with Crippen LogP contribution in [0.15, 0.2) is 112 Å². The number of sulfonamides is 1. The van der Waals surface area contributed by atoms with Gasteiger partial charge in [-0.2, -0.15) is 13.2 Å². The van der Waals surface area contributed by atoms with Crippen molar-refractivity contribution in [3.8, 4) is 11.3 Å². The number of piperazine rings is 1. The maximum atomic E-state index is 14.4. The molecule has 0 amide bonds. The number of sulfone groups is 1. The van der Waals surface area contributed by atoms with Gasteiger partial charge in [0.1, 0.15) is 10.5 Å². The molecular formula is C48H57ClF3N6O10PS3. The molecule has 0 radical (unpaired) electrons. The van der Waals surface area contributed by atoms with E-state index in [1.165, 1.54) is 23.9 Å². The number of likely N-dealkylation sites (tertiary alicyclic amines) is 1. The van der Waals surface area contributed by atoms with E-state index in [1.807, 2.05) is 65.8 Å². The highest BCUT2D eigenvalue weighted by Crippen LogP contribution is 2.43. The molecule has 4 aromatic carbocycles. The first kappa shape index (κ1) is 55.1. The van der Waals surface area contributed by atoms with Crippen molar-refractivity contribution in [3.05, 3.63) is 119 Å². The van der Waals surface area contributed by atoms with Crippen molar-refractivity contribution in [2.75, 3.05) is 66.6 Å². The first-order chi connectivity index (χ1) is 33.9. The third-order valence-corrected chi connectivity index (χ3v) is 17.5. The number of thioether (sulfide) groups is 1. The maximum Gasteiger partial charge on any atom is 0.501 e. The highest BCUT2D eigenvalue weighted by atomic mass is 35.5. The van der Waals surface area contributed by atoms with Crippen LogP contribution in [0.25, 0.3) is 11.3 Å². The van der Waals surface area contributed by atoms with Gasteiger partial charge < -0.3 is 39.9 Å². The van der Waals surface area contributed by atoms with E-state index in [1.54, 1.807) is 31.2 Å². The minimum atomic E-state index is -6.10. The number of phosphoric acid groups is 1. The van der Waals surface area contributed by atoms with E-state index in [0.717, 1.165) is 33.8 Å². The zero-order valence-corrected chi connectivity index (χ0v) is 43.6. The van der Waals surface area contributed by atoms with Crippen molar-refractivity contribution in [1.29, 1.82) is 0 Å². The second-order valence-corrected chi connectivity index (χ2v) is 24.4. The lowest BCUT2D eigenvalue weighted by Crippen LogP contribution is -2.46. The van der Waals surface area contributed by atoms with Gasteiger partial charge in [-0.05, 0) is 119 Å². The van der Waals surface area contributed by atoms with Gasteiger partial charge in [0, 0.05) is 76.9 Å². The van der Waals surface area contributed by atoms with E-state index >= 15 is 0 Å². The Morgan fingerprint density at radius 1 is 0.958 bits per heavy atom. The molecule has 0 aliphatic carbocycles. The van der Waals surface area contributed by atoms with Crippen molar-refractivity contribution < 1.29 is 58.8 Å². The Balaban J connectivity index is 1.10. The number of piperidine rings is 1. The van der Waals surface area contributed by atoms with Gasteiger partial charge >= 0.3 is 19.3 Å². The molecule has 24 heteroatoms. The maximum absolute atomic E-state index is 14.4. The van der Waals surface area contributed by atoms with Gasteiger partial charge in [0.2, 0.25) is 0 Å². The number of benzene rings is 4. The summed E-state index contributed by atoms with van der Waals surface area (Å²) in [6.45, 7) is 8.53. The van der Waals surface area contributed by atoms with Crippen LogP contribution < -0.4 is 20.3 Å². The summed E-state index contributed by atoms with van der Waals surface area (Å²) >= 11 is 7.63. The fourth-order valence-electron chi connectivity index (χ4n) is 9.14. The molecule has 1 unspecified atom stereocenters. The number of anilines is 3. The zero-order valence-electron chi connectivity index (χ0n) is 39.6. The smallest absolute Gasteiger partial charge is 0.478 e. The highest BCUT2D eigenvalue weighted by molar-refractivity contribution is 7.99. The summed E-state index contributed by atoms with van der Waals surface area (Å²) in [5.74, 6) is -0.849. The second-order valence-electron chi connectivity index (χ2n) is 18.0. The standard InChI is InChI=1S/C48H57ClF3N6O10PS3/c1-31(2)58-32(3)44(47(59)60)46(45(58)35-9-13-36(49)14-10-35)57-26-22-53-42(28-57)34-11-15-37(16-12-34)55-72(66,67)40-17-18-41(43(27-40)71(64,65)48(50,51)52)54-38(30-70-39-7-5-4-6-8-39)21-25-56-23-19-33(20-24-56)29-68-69(61,62)63/h4-18,27,31,33,38,42,53-55H,19-26,28-30H2,1-3H3,(H,59,60)(H2,61,62,63)/t38?,42-/m0/s1. The van der Waals surface area contributed by atoms with Crippen molar-refractivity contribution >= 4 is 74.1 Å². The highest BCUT2D eigenvalue weighted by Gasteiger charge is 2.48. The van der Waals surface area contributed by atoms with E-state index < -0.39 is 60.7 Å². The Hall–Kier alpha value is -4.61. The lowest BCUT2D eigenvalue weighted by molar-refractivity contribution is -0.0436. The average molecular weight is 1100 g/mol. The van der Waals surface area contributed by atoms with Crippen LogP contribution in [0.1, 0.15) is 66.8 Å². The van der Waals surface area contributed by atoms with Crippen LogP contribution in [0.3, 0.4) is 0 Å². The Bertz CT molecular complexity index is 2980. The molecule has 2 aliphatic rings. The number of alkyl halides is 3. The van der Waals surface area contributed by atoms with Gasteiger partial charge in [-0.1, -0.05) is 54.1 Å². The number of carboxylic acid groups (broad SMARTS) is 1. The van der Waals surface area contributed by atoms with Crippen LogP contribution in [0, 0.1) is 12.8 Å². The molecule has 1 aromatic heterocycles. The molecule has 5 aromatic rings. The van der Waals surface area contributed by atoms with Crippen molar-refractivity contribution in [3.63, 3.8) is 0 Å². The van der Waals surface area contributed by atoms with E-state index in [-0.39, 0.29) is 35.9 Å². The SMILES string of the molecule is Cc1c(C(=O)O)c(N2CCN[C@H](c3ccc(NS(=O)(=O)c4ccc(NC(CCN5CCC(COP(=O)(O)O)CC5)CSc5ccccc5)c(S(=O)(=O)C(F)(F)F)c4)cc3)C2)c(-c2ccc(Cl)cc2)n1C(C)C. The fraction of sp³-hybridized carbons (Fsp3) is 0.396. The first-order valence-corrected chi connectivity index (χ1v) is 28.9. The quantitative estimate of drug-likeness (QED) is 0.0316. The molecule has 0 bridgehead atoms. The lowest BCUT2D eigenvalue weighted by Gasteiger charge is -2.36. The van der Waals surface area contributed by atoms with Gasteiger partial charge in [0.25, 0.3) is 19.9 Å². The Morgan fingerprint density at radius 2 is 1.62 bits per heavy atom. The largest absolute Gasteiger partial charge is 0.501 e. The fourth-order valence-corrected chi connectivity index (χ4v) is 12.8. The van der Waals surface area contributed by atoms with Crippen LogP contribution in [0.4, 0.5) is 30.2 Å². The predicted molar refractivity (Wildman–Crippen MR) is 273 cm³/mol. The van der Waals surface area contributed by atoms with Crippen molar-refractivity contribution in [2.24, 2.45) is 5.92 Å². The third-order valence-electron chi connectivity index (χ3n) is 12.7. The number of aromatic carboxylic acids is 1. The van der Waals surface area contributed by atoms with Gasteiger partial charge in [-0.15, -0.1) is 11.8 Å². The number of halogens is 4. The molecule has 2 saturated heterocycles. The second kappa shape index (κ2) is 22.9. The summed E-state index contributed by atoms with van der Waals surface area (Å²) in [6, 6.07) is 24.3. The molecule has 2 fully saturated rings. The summed E-state index contributed by atoms with van der Waals surface area (Å²) in [6.07, 6.45) is 1.53. The van der Waals surface area contributed by atoms with Gasteiger partial charge in [-0.3, -0.25) is 9.25 Å². The van der Waals surface area contributed by atoms with Crippen LogP contribution in [-0.4, -0.2) is 110 Å². The Labute approximate surface area is 426 Å². The molecule has 3 heterocycles. The Kier molecular flexibility index (Phi) is 17.5. The lowest BCUT2D eigenvalue weighted by atomic mass is 9.97. The summed E-state index contributed by atoms with van der Waals surface area (Å²) in [5.41, 5.74) is -2.56. The normalized spacial score (nSPS) is 17.0. The first-order valence-electron chi connectivity index (χ1n) is 23.1. The van der Waals surface area contributed by atoms with Crippen LogP contribution in [-0.2, 0) is 28.9 Å². The van der Waals surface area contributed by atoms with Gasteiger partial charge in [0.05, 0.1) is 28.6 Å². The number of rotatable bonds is 20. The minimum absolute atomic E-state index is 0.0491. The molecule has 16 nitrogen and oxygen atoms in total. The van der Waals surface area contributed by atoms with Crippen LogP contribution in [0.2, 0.25) is 5.02 Å². The number of hydrogen-bond donors (Lipinski definition) is 6. The van der Waals surface area contributed by atoms with E-state index in [9.17, 15) is 44.5 Å². The monoisotopic (exact) mass is 1100 g/mol. The molecule has 0 saturated carbocycles. The van der Waals surface area contributed by atoms with Crippen LogP contribution >= 0.6 is 31.2 Å². The average Bonchev–Trinajstić information content (AvgIpc) is 3.65. The molecule has 2 atom stereocenters. The number of nitrogens with one attached hydrogen (secondary N) is 3. The van der Waals surface area contributed by atoms with Gasteiger partial charge in [-0.25, -0.2) is 26.2 Å². The molecule has 0 spiro atoms. The van der Waals surface area contributed by atoms with E-state index in [4.69, 9.17) is 21.4 Å². The van der Waals surface area contributed by atoms with Crippen LogP contribution in [0.5, 0.6) is 0 Å². The van der Waals surface area contributed by atoms with E-state index in [0.29, 0.717) is 86.8 Å². The number of aromatic nitrogens is 1. The summed E-state index contributed by atoms with van der Waals surface area (Å²) in [7, 11) is -15.4. The summed E-state index contributed by atoms with van der Waals surface area (Å²) in [4.78, 5) is 34.1. The molecule has 6 N–H and O–H groups in total. The Morgan fingerprint density at radius 3 is 2.24 bits per heavy atom. The number of carbonyl (C=O) groups is 1. The third kappa shape index (κ3) is 13.4. The number of phosphoric ester groups is 1. The molecule has 2 aliphatic heterocycles. The number of nitrogens with zero attached hydrogens (tertiary/aromatic N) is 3. The summed E-state index contributed by atoms with van der Waals surface area (Å²) < 4.78 is 118. The van der Waals surface area contributed by atoms with Gasteiger partial charge in [0.15, 0.2) is 0 Å². The van der Waals surface area contributed by atoms with E-state index in [2.05, 4.69) is 24.8 Å². The number of hydrogen-bond acceptors (Lipinski definition) is 12. The van der Waals surface area contributed by atoms with Crippen molar-refractivity contribution in [1.82, 2.24) is 14.8 Å².